The first-order valence-electron chi connectivity index (χ1n) is 8.22. The molecule has 5 nitrogen and oxygen atoms in total. The van der Waals surface area contributed by atoms with E-state index in [9.17, 15) is 14.0 Å². The average Bonchev–Trinajstić information content (AvgIpc) is 2.89. The molecule has 0 aliphatic carbocycles. The van der Waals surface area contributed by atoms with E-state index >= 15 is 0 Å². The fraction of sp³-hybridized carbons (Fsp3) is 0.263. The van der Waals surface area contributed by atoms with Gasteiger partial charge in [0.05, 0.1) is 12.1 Å². The van der Waals surface area contributed by atoms with Crippen LogP contribution in [0.4, 0.5) is 14.9 Å². The summed E-state index contributed by atoms with van der Waals surface area (Å²) in [5.41, 5.74) is 1.17. The molecule has 2 aromatic rings. The zero-order valence-corrected chi connectivity index (χ0v) is 13.5. The van der Waals surface area contributed by atoms with Crippen molar-refractivity contribution in [1.29, 1.82) is 0 Å². The van der Waals surface area contributed by atoms with Gasteiger partial charge in [-0.15, -0.1) is 0 Å². The lowest BCUT2D eigenvalue weighted by atomic mass is 9.85. The summed E-state index contributed by atoms with van der Waals surface area (Å²) in [7, 11) is 0. The van der Waals surface area contributed by atoms with E-state index in [1.54, 1.807) is 17.0 Å². The maximum atomic E-state index is 13.0. The molecule has 0 radical (unpaired) electrons. The Morgan fingerprint density at radius 2 is 1.92 bits per heavy atom. The van der Waals surface area contributed by atoms with Crippen molar-refractivity contribution in [3.8, 4) is 0 Å². The highest BCUT2D eigenvalue weighted by atomic mass is 19.1. The predicted molar refractivity (Wildman–Crippen MR) is 89.8 cm³/mol. The zero-order valence-electron chi connectivity index (χ0n) is 13.5. The number of piperidine rings is 1. The number of nitrogens with one attached hydrogen (secondary N) is 1. The van der Waals surface area contributed by atoms with Crippen LogP contribution in [-0.4, -0.2) is 30.0 Å². The van der Waals surface area contributed by atoms with Crippen LogP contribution in [0, 0.1) is 5.82 Å². The molecule has 2 aromatic carbocycles. The van der Waals surface area contributed by atoms with Crippen molar-refractivity contribution in [3.63, 3.8) is 0 Å². The number of benzene rings is 2. The highest BCUT2D eigenvalue weighted by Gasteiger charge is 2.48. The molecule has 128 valence electrons. The largest absolute Gasteiger partial charge is 0.449 e. The molecule has 4 rings (SSSR count). The minimum atomic E-state index is -0.772. The zero-order chi connectivity index (χ0) is 17.4. The summed E-state index contributed by atoms with van der Waals surface area (Å²) < 4.78 is 18.7. The quantitative estimate of drug-likeness (QED) is 0.808. The summed E-state index contributed by atoms with van der Waals surface area (Å²) in [6.07, 6.45) is 1.43. The van der Waals surface area contributed by atoms with Crippen molar-refractivity contribution < 1.29 is 18.7 Å². The van der Waals surface area contributed by atoms with Gasteiger partial charge in [0.25, 0.3) is 0 Å². The minimum Gasteiger partial charge on any atom is -0.449 e. The summed E-state index contributed by atoms with van der Waals surface area (Å²) >= 11 is 0. The van der Waals surface area contributed by atoms with Gasteiger partial charge in [0, 0.05) is 17.8 Å². The molecule has 2 heterocycles. The maximum Gasteiger partial charge on any atom is 0.339 e. The molecule has 6 heteroatoms. The van der Waals surface area contributed by atoms with Crippen molar-refractivity contribution in [2.75, 3.05) is 18.4 Å². The van der Waals surface area contributed by atoms with Crippen molar-refractivity contribution >= 4 is 17.7 Å². The molecule has 25 heavy (non-hydrogen) atoms. The number of anilines is 1. The van der Waals surface area contributed by atoms with E-state index in [1.165, 1.54) is 24.3 Å². The Kier molecular flexibility index (Phi) is 3.67. The van der Waals surface area contributed by atoms with Gasteiger partial charge in [0.15, 0.2) is 5.60 Å². The molecule has 2 amide bonds. The third-order valence-corrected chi connectivity index (χ3v) is 4.76. The van der Waals surface area contributed by atoms with E-state index in [4.69, 9.17) is 4.74 Å². The number of carbonyl (C=O) groups excluding carboxylic acids is 2. The number of esters is 1. The van der Waals surface area contributed by atoms with Gasteiger partial charge in [0.2, 0.25) is 0 Å². The number of hydrogen-bond acceptors (Lipinski definition) is 3. The number of nitrogens with zero attached hydrogens (tertiary/aromatic N) is 1. The minimum absolute atomic E-state index is 0.286. The summed E-state index contributed by atoms with van der Waals surface area (Å²) in [5.74, 6) is -0.694. The summed E-state index contributed by atoms with van der Waals surface area (Å²) in [6, 6.07) is 12.7. The molecule has 0 unspecified atom stereocenters. The van der Waals surface area contributed by atoms with Crippen LogP contribution in [0.1, 0.15) is 28.8 Å². The number of fused-ring (bicyclic) bond motifs is 2. The molecule has 1 saturated heterocycles. The number of hydrogen-bond donors (Lipinski definition) is 1. The predicted octanol–water partition coefficient (Wildman–Crippen LogP) is 3.52. The molecule has 1 atom stereocenters. The third kappa shape index (κ3) is 2.73. The second kappa shape index (κ2) is 5.88. The van der Waals surface area contributed by atoms with Gasteiger partial charge in [-0.2, -0.15) is 0 Å². The van der Waals surface area contributed by atoms with Gasteiger partial charge < -0.3 is 15.0 Å². The summed E-state index contributed by atoms with van der Waals surface area (Å²) in [4.78, 5) is 26.4. The van der Waals surface area contributed by atoms with Crippen LogP contribution >= 0.6 is 0 Å². The van der Waals surface area contributed by atoms with Crippen molar-refractivity contribution in [1.82, 2.24) is 4.90 Å². The van der Waals surface area contributed by atoms with E-state index in [-0.39, 0.29) is 17.8 Å². The standard InChI is InChI=1S/C19H17FN2O3/c20-13-6-8-14(9-7-13)21-18(24)22-11-3-10-19(12-22)16-5-2-1-4-15(16)17(23)25-19/h1-2,4-9H,3,10-12H2,(H,21,24)/t19-/m0/s1. The normalized spacial score (nSPS) is 21.8. The number of rotatable bonds is 1. The Labute approximate surface area is 144 Å². The van der Waals surface area contributed by atoms with Crippen LogP contribution < -0.4 is 5.32 Å². The van der Waals surface area contributed by atoms with Crippen LogP contribution in [0.25, 0.3) is 0 Å². The molecular formula is C19H17FN2O3. The summed E-state index contributed by atoms with van der Waals surface area (Å²) in [5, 5.41) is 2.76. The fourth-order valence-electron chi connectivity index (χ4n) is 3.58. The Hall–Kier alpha value is -2.89. The summed E-state index contributed by atoms with van der Waals surface area (Å²) in [6.45, 7) is 0.886. The van der Waals surface area contributed by atoms with Crippen LogP contribution in [0.15, 0.2) is 48.5 Å². The van der Waals surface area contributed by atoms with Gasteiger partial charge in [-0.05, 0) is 43.2 Å². The number of amides is 2. The number of likely N-dealkylation sites (tertiary alicyclic amines) is 1. The van der Waals surface area contributed by atoms with Crippen molar-refractivity contribution in [2.45, 2.75) is 18.4 Å². The van der Waals surface area contributed by atoms with Gasteiger partial charge in [-0.25, -0.2) is 14.0 Å². The lowest BCUT2D eigenvalue weighted by Gasteiger charge is -2.39. The fourth-order valence-corrected chi connectivity index (χ4v) is 3.58. The van der Waals surface area contributed by atoms with E-state index in [0.717, 1.165) is 12.0 Å². The average molecular weight is 340 g/mol. The number of ether oxygens (including phenoxy) is 1. The second-order valence-electron chi connectivity index (χ2n) is 6.39. The van der Waals surface area contributed by atoms with Gasteiger partial charge >= 0.3 is 12.0 Å². The lowest BCUT2D eigenvalue weighted by Crippen LogP contribution is -2.50. The Morgan fingerprint density at radius 1 is 1.16 bits per heavy atom. The van der Waals surface area contributed by atoms with Gasteiger partial charge in [-0.1, -0.05) is 18.2 Å². The molecule has 2 aliphatic heterocycles. The highest BCUT2D eigenvalue weighted by Crippen LogP contribution is 2.42. The van der Waals surface area contributed by atoms with Crippen LogP contribution in [-0.2, 0) is 10.3 Å². The highest BCUT2D eigenvalue weighted by molar-refractivity contribution is 5.95. The number of carbonyl (C=O) groups is 2. The van der Waals surface area contributed by atoms with Gasteiger partial charge in [-0.3, -0.25) is 0 Å². The van der Waals surface area contributed by atoms with Crippen molar-refractivity contribution in [2.24, 2.45) is 0 Å². The monoisotopic (exact) mass is 340 g/mol. The van der Waals surface area contributed by atoms with Crippen LogP contribution in [0.2, 0.25) is 0 Å². The Morgan fingerprint density at radius 3 is 2.72 bits per heavy atom. The Bertz CT molecular complexity index is 837. The van der Waals surface area contributed by atoms with E-state index in [0.29, 0.717) is 30.8 Å². The third-order valence-electron chi connectivity index (χ3n) is 4.76. The van der Waals surface area contributed by atoms with Crippen LogP contribution in [0.3, 0.4) is 0 Å². The van der Waals surface area contributed by atoms with E-state index in [2.05, 4.69) is 5.32 Å². The lowest BCUT2D eigenvalue weighted by molar-refractivity contribution is -0.0400. The molecule has 0 aromatic heterocycles. The Balaban J connectivity index is 1.54. The smallest absolute Gasteiger partial charge is 0.339 e. The molecule has 1 spiro atoms. The second-order valence-corrected chi connectivity index (χ2v) is 6.39. The molecular weight excluding hydrogens is 323 g/mol. The molecule has 1 fully saturated rings. The van der Waals surface area contributed by atoms with Crippen molar-refractivity contribution in [3.05, 3.63) is 65.5 Å². The topological polar surface area (TPSA) is 58.6 Å². The van der Waals surface area contributed by atoms with Gasteiger partial charge in [0.1, 0.15) is 5.82 Å². The SMILES string of the molecule is O=C1O[C@]2(CCCN(C(=O)Nc3ccc(F)cc3)C2)c2ccccc21. The molecule has 0 saturated carbocycles. The van der Waals surface area contributed by atoms with E-state index in [1.807, 2.05) is 12.1 Å². The maximum absolute atomic E-state index is 13.0. The first-order valence-corrected chi connectivity index (χ1v) is 8.22. The molecule has 1 N–H and O–H groups in total. The van der Waals surface area contributed by atoms with E-state index < -0.39 is 5.60 Å². The first kappa shape index (κ1) is 15.6. The first-order chi connectivity index (χ1) is 12.1. The number of halogens is 1. The molecule has 2 aliphatic rings. The number of urea groups is 1. The molecule has 0 bridgehead atoms. The van der Waals surface area contributed by atoms with Crippen LogP contribution in [0.5, 0.6) is 0 Å².